The number of hydrogen-bond donors (Lipinski definition) is 3. The fourth-order valence-electron chi connectivity index (χ4n) is 2.90. The summed E-state index contributed by atoms with van der Waals surface area (Å²) >= 11 is 1.37. The third-order valence-electron chi connectivity index (χ3n) is 4.14. The van der Waals surface area contributed by atoms with Crippen LogP contribution >= 0.6 is 11.3 Å². The number of amides is 3. The maximum absolute atomic E-state index is 12.6. The predicted octanol–water partition coefficient (Wildman–Crippen LogP) is -0.443. The van der Waals surface area contributed by atoms with E-state index in [-0.39, 0.29) is 17.7 Å². The van der Waals surface area contributed by atoms with Crippen LogP contribution in [-0.2, 0) is 9.59 Å². The molecule has 1 aromatic heterocycles. The first kappa shape index (κ1) is 15.9. The van der Waals surface area contributed by atoms with Gasteiger partial charge in [-0.25, -0.2) is 0 Å². The van der Waals surface area contributed by atoms with Crippen molar-refractivity contribution in [3.05, 3.63) is 22.4 Å². The lowest BCUT2D eigenvalue weighted by molar-refractivity contribution is -0.132. The Morgan fingerprint density at radius 3 is 2.96 bits per heavy atom. The first-order chi connectivity index (χ1) is 11.2. The second kappa shape index (κ2) is 7.10. The largest absolute Gasteiger partial charge is 0.354 e. The first-order valence-corrected chi connectivity index (χ1v) is 8.68. The van der Waals surface area contributed by atoms with Crippen LogP contribution in [-0.4, -0.2) is 60.9 Å². The van der Waals surface area contributed by atoms with Gasteiger partial charge in [-0.2, -0.15) is 0 Å². The zero-order valence-corrected chi connectivity index (χ0v) is 13.5. The van der Waals surface area contributed by atoms with Crippen LogP contribution in [0.1, 0.15) is 22.5 Å². The zero-order valence-electron chi connectivity index (χ0n) is 12.7. The summed E-state index contributed by atoms with van der Waals surface area (Å²) < 4.78 is 0. The quantitative estimate of drug-likeness (QED) is 0.698. The molecular weight excluding hydrogens is 316 g/mol. The molecule has 0 unspecified atom stereocenters. The molecule has 7 nitrogen and oxygen atoms in total. The molecule has 2 atom stereocenters. The molecular formula is C15H20N4O3S. The molecule has 8 heteroatoms. The second-order valence-corrected chi connectivity index (χ2v) is 6.64. The van der Waals surface area contributed by atoms with Crippen LogP contribution < -0.4 is 16.0 Å². The number of thiophene rings is 1. The molecule has 0 spiro atoms. The molecule has 0 aliphatic carbocycles. The molecule has 2 aliphatic heterocycles. The van der Waals surface area contributed by atoms with Crippen LogP contribution in [0.3, 0.4) is 0 Å². The summed E-state index contributed by atoms with van der Waals surface area (Å²) in [5.41, 5.74) is 0. The smallest absolute Gasteiger partial charge is 0.264 e. The molecule has 2 aliphatic rings. The van der Waals surface area contributed by atoms with Crippen molar-refractivity contribution in [3.63, 3.8) is 0 Å². The lowest BCUT2D eigenvalue weighted by Gasteiger charge is -2.36. The highest BCUT2D eigenvalue weighted by Gasteiger charge is 2.35. The van der Waals surface area contributed by atoms with Crippen LogP contribution in [0.15, 0.2) is 17.5 Å². The minimum atomic E-state index is -0.590. The molecule has 0 aromatic carbocycles. The minimum absolute atomic E-state index is 0.130. The van der Waals surface area contributed by atoms with Crippen LogP contribution in [0.25, 0.3) is 0 Å². The van der Waals surface area contributed by atoms with Crippen LogP contribution in [0.5, 0.6) is 0 Å². The molecule has 0 saturated carbocycles. The predicted molar refractivity (Wildman–Crippen MR) is 86.2 cm³/mol. The standard InChI is InChI=1S/C15H20N4O3S/c20-13-10(3-1-5-17-13)18-14(21)11-9-16-6-7-19(11)15(22)12-4-2-8-23-12/h2,4,8,10-11,16H,1,3,5-7,9H2,(H,17,20)(H,18,21)/t10-,11+/m0/s1. The topological polar surface area (TPSA) is 90.5 Å². The van der Waals surface area contributed by atoms with Gasteiger partial charge in [0.2, 0.25) is 11.8 Å². The molecule has 23 heavy (non-hydrogen) atoms. The number of carbonyl (C=O) groups excluding carboxylic acids is 3. The van der Waals surface area contributed by atoms with Crippen molar-refractivity contribution in [2.75, 3.05) is 26.2 Å². The number of piperidine rings is 1. The SMILES string of the molecule is O=C1NCCC[C@@H]1NC(=O)[C@H]1CNCCN1C(=O)c1cccs1. The van der Waals surface area contributed by atoms with Gasteiger partial charge in [0.05, 0.1) is 4.88 Å². The van der Waals surface area contributed by atoms with E-state index in [0.717, 1.165) is 6.42 Å². The number of rotatable bonds is 3. The van der Waals surface area contributed by atoms with Crippen molar-refractivity contribution in [2.24, 2.45) is 0 Å². The summed E-state index contributed by atoms with van der Waals surface area (Å²) in [4.78, 5) is 39.2. The summed E-state index contributed by atoms with van der Waals surface area (Å²) in [6.07, 6.45) is 1.48. The van der Waals surface area contributed by atoms with Gasteiger partial charge in [-0.15, -0.1) is 11.3 Å². The summed E-state index contributed by atoms with van der Waals surface area (Å²) in [5, 5.41) is 10.5. The molecule has 2 saturated heterocycles. The van der Waals surface area contributed by atoms with Crippen molar-refractivity contribution in [1.82, 2.24) is 20.9 Å². The molecule has 3 amide bonds. The Kier molecular flexibility index (Phi) is 4.92. The van der Waals surface area contributed by atoms with E-state index < -0.39 is 12.1 Å². The molecule has 0 radical (unpaired) electrons. The van der Waals surface area contributed by atoms with Gasteiger partial charge >= 0.3 is 0 Å². The Morgan fingerprint density at radius 2 is 2.22 bits per heavy atom. The van der Waals surface area contributed by atoms with Crippen LogP contribution in [0.4, 0.5) is 0 Å². The fourth-order valence-corrected chi connectivity index (χ4v) is 3.58. The van der Waals surface area contributed by atoms with Gasteiger partial charge in [-0.3, -0.25) is 14.4 Å². The van der Waals surface area contributed by atoms with Crippen molar-refractivity contribution >= 4 is 29.1 Å². The van der Waals surface area contributed by atoms with E-state index in [0.29, 0.717) is 37.5 Å². The lowest BCUT2D eigenvalue weighted by Crippen LogP contribution is -2.62. The molecule has 3 heterocycles. The van der Waals surface area contributed by atoms with E-state index in [2.05, 4.69) is 16.0 Å². The second-order valence-electron chi connectivity index (χ2n) is 5.69. The minimum Gasteiger partial charge on any atom is -0.354 e. The van der Waals surface area contributed by atoms with E-state index in [1.807, 2.05) is 11.4 Å². The van der Waals surface area contributed by atoms with Crippen molar-refractivity contribution < 1.29 is 14.4 Å². The van der Waals surface area contributed by atoms with E-state index in [1.165, 1.54) is 11.3 Å². The Morgan fingerprint density at radius 1 is 1.35 bits per heavy atom. The highest BCUT2D eigenvalue weighted by atomic mass is 32.1. The Balaban J connectivity index is 1.69. The number of piperazine rings is 1. The zero-order chi connectivity index (χ0) is 16.2. The summed E-state index contributed by atoms with van der Waals surface area (Å²) in [6, 6.07) is 2.49. The normalized spacial score (nSPS) is 24.9. The molecule has 0 bridgehead atoms. The third kappa shape index (κ3) is 3.53. The summed E-state index contributed by atoms with van der Waals surface area (Å²) in [6.45, 7) is 2.19. The summed E-state index contributed by atoms with van der Waals surface area (Å²) in [5.74, 6) is -0.552. The Hall–Kier alpha value is -1.93. The van der Waals surface area contributed by atoms with Gasteiger partial charge in [-0.05, 0) is 24.3 Å². The molecule has 124 valence electrons. The maximum Gasteiger partial charge on any atom is 0.264 e. The highest BCUT2D eigenvalue weighted by molar-refractivity contribution is 7.12. The van der Waals surface area contributed by atoms with Crippen molar-refractivity contribution in [1.29, 1.82) is 0 Å². The Labute approximate surface area is 138 Å². The van der Waals surface area contributed by atoms with Crippen molar-refractivity contribution in [3.8, 4) is 0 Å². The van der Waals surface area contributed by atoms with Crippen LogP contribution in [0.2, 0.25) is 0 Å². The molecule has 3 rings (SSSR count). The number of nitrogens with zero attached hydrogens (tertiary/aromatic N) is 1. The molecule has 2 fully saturated rings. The van der Waals surface area contributed by atoms with Gasteiger partial charge in [0, 0.05) is 26.2 Å². The molecule has 1 aromatic rings. The van der Waals surface area contributed by atoms with Crippen molar-refractivity contribution in [2.45, 2.75) is 24.9 Å². The van der Waals surface area contributed by atoms with E-state index >= 15 is 0 Å². The van der Waals surface area contributed by atoms with Gasteiger partial charge in [0.25, 0.3) is 5.91 Å². The third-order valence-corrected chi connectivity index (χ3v) is 5.00. The number of nitrogens with one attached hydrogen (secondary N) is 3. The summed E-state index contributed by atoms with van der Waals surface area (Å²) in [7, 11) is 0. The van der Waals surface area contributed by atoms with Gasteiger partial charge in [0.1, 0.15) is 12.1 Å². The van der Waals surface area contributed by atoms with Gasteiger partial charge in [-0.1, -0.05) is 6.07 Å². The van der Waals surface area contributed by atoms with E-state index in [4.69, 9.17) is 0 Å². The lowest BCUT2D eigenvalue weighted by atomic mass is 10.1. The highest BCUT2D eigenvalue weighted by Crippen LogP contribution is 2.16. The van der Waals surface area contributed by atoms with Crippen LogP contribution in [0, 0.1) is 0 Å². The fraction of sp³-hybridized carbons (Fsp3) is 0.533. The van der Waals surface area contributed by atoms with E-state index in [1.54, 1.807) is 11.0 Å². The number of carbonyl (C=O) groups is 3. The van der Waals surface area contributed by atoms with Gasteiger partial charge < -0.3 is 20.9 Å². The monoisotopic (exact) mass is 336 g/mol. The first-order valence-electron chi connectivity index (χ1n) is 7.80. The Bertz CT molecular complexity index is 590. The van der Waals surface area contributed by atoms with E-state index in [9.17, 15) is 14.4 Å². The average Bonchev–Trinajstić information content (AvgIpc) is 3.11. The number of hydrogen-bond acceptors (Lipinski definition) is 5. The maximum atomic E-state index is 12.6. The molecule has 3 N–H and O–H groups in total. The average molecular weight is 336 g/mol. The van der Waals surface area contributed by atoms with Gasteiger partial charge in [0.15, 0.2) is 0 Å².